The molecule has 3 rings (SSSR count). The van der Waals surface area contributed by atoms with E-state index in [2.05, 4.69) is 9.80 Å². The number of aliphatic hydroxyl groups excluding tert-OH is 1. The van der Waals surface area contributed by atoms with Crippen LogP contribution in [0.25, 0.3) is 0 Å². The molecule has 0 aromatic heterocycles. The SMILES string of the molecule is COc1cccc(OCCN2CCN(C3CCCCC3O)CC2)c1. The maximum atomic E-state index is 10.2. The van der Waals surface area contributed by atoms with Gasteiger partial charge in [-0.1, -0.05) is 18.9 Å². The van der Waals surface area contributed by atoms with Gasteiger partial charge in [-0.3, -0.25) is 9.80 Å². The number of nitrogens with zero attached hydrogens (tertiary/aromatic N) is 2. The van der Waals surface area contributed by atoms with E-state index in [4.69, 9.17) is 9.47 Å². The summed E-state index contributed by atoms with van der Waals surface area (Å²) in [6, 6.07) is 8.13. The fourth-order valence-corrected chi connectivity index (χ4v) is 3.82. The quantitative estimate of drug-likeness (QED) is 0.862. The van der Waals surface area contributed by atoms with Gasteiger partial charge in [-0.05, 0) is 25.0 Å². The minimum Gasteiger partial charge on any atom is -0.497 e. The zero-order chi connectivity index (χ0) is 16.8. The van der Waals surface area contributed by atoms with Gasteiger partial charge >= 0.3 is 0 Å². The molecule has 2 aliphatic rings. The van der Waals surface area contributed by atoms with E-state index in [-0.39, 0.29) is 6.10 Å². The van der Waals surface area contributed by atoms with Gasteiger partial charge in [0, 0.05) is 44.8 Å². The Kier molecular flexibility index (Phi) is 6.35. The third-order valence-electron chi connectivity index (χ3n) is 5.29. The summed E-state index contributed by atoms with van der Waals surface area (Å²) >= 11 is 0. The van der Waals surface area contributed by atoms with Crippen LogP contribution in [0, 0.1) is 0 Å². The molecule has 1 aromatic carbocycles. The van der Waals surface area contributed by atoms with Gasteiger partial charge in [0.1, 0.15) is 18.1 Å². The van der Waals surface area contributed by atoms with Crippen molar-refractivity contribution in [3.8, 4) is 11.5 Å². The lowest BCUT2D eigenvalue weighted by molar-refractivity contribution is -0.00497. The Morgan fingerprint density at radius 3 is 2.58 bits per heavy atom. The van der Waals surface area contributed by atoms with E-state index in [1.54, 1.807) is 7.11 Å². The smallest absolute Gasteiger partial charge is 0.123 e. The number of rotatable bonds is 6. The molecule has 0 radical (unpaired) electrons. The summed E-state index contributed by atoms with van der Waals surface area (Å²) in [5, 5.41) is 10.2. The third-order valence-corrected chi connectivity index (χ3v) is 5.29. The van der Waals surface area contributed by atoms with Gasteiger partial charge in [0.05, 0.1) is 13.2 Å². The summed E-state index contributed by atoms with van der Waals surface area (Å²) in [7, 11) is 1.67. The number of hydrogen-bond acceptors (Lipinski definition) is 5. The second-order valence-electron chi connectivity index (χ2n) is 6.82. The normalized spacial score (nSPS) is 26.2. The van der Waals surface area contributed by atoms with Crippen LogP contribution in [-0.4, -0.2) is 73.5 Å². The predicted octanol–water partition coefficient (Wildman–Crippen LogP) is 2.00. The number of ether oxygens (including phenoxy) is 2. The minimum atomic E-state index is -0.123. The molecule has 1 N–H and O–H groups in total. The summed E-state index contributed by atoms with van der Waals surface area (Å²) in [5.74, 6) is 1.69. The summed E-state index contributed by atoms with van der Waals surface area (Å²) < 4.78 is 11.0. The summed E-state index contributed by atoms with van der Waals surface area (Å²) in [6.45, 7) is 5.87. The molecule has 134 valence electrons. The number of piperazine rings is 1. The topological polar surface area (TPSA) is 45.2 Å². The van der Waals surface area contributed by atoms with Gasteiger partial charge in [-0.25, -0.2) is 0 Å². The van der Waals surface area contributed by atoms with Crippen LogP contribution in [0.1, 0.15) is 25.7 Å². The van der Waals surface area contributed by atoms with E-state index in [0.29, 0.717) is 12.6 Å². The molecule has 1 aliphatic carbocycles. The van der Waals surface area contributed by atoms with Crippen molar-refractivity contribution in [3.05, 3.63) is 24.3 Å². The largest absolute Gasteiger partial charge is 0.497 e. The van der Waals surface area contributed by atoms with Crippen LogP contribution in [-0.2, 0) is 0 Å². The summed E-state index contributed by atoms with van der Waals surface area (Å²) in [5.41, 5.74) is 0. The zero-order valence-corrected chi connectivity index (χ0v) is 14.7. The average Bonchev–Trinajstić information content (AvgIpc) is 2.63. The van der Waals surface area contributed by atoms with E-state index in [1.807, 2.05) is 24.3 Å². The lowest BCUT2D eigenvalue weighted by Gasteiger charge is -2.42. The standard InChI is InChI=1S/C19H30N2O3/c1-23-16-5-4-6-17(15-16)24-14-13-20-9-11-21(12-10-20)18-7-2-3-8-19(18)22/h4-6,15,18-19,22H,2-3,7-14H2,1H3. The second kappa shape index (κ2) is 8.70. The molecule has 1 aliphatic heterocycles. The Hall–Kier alpha value is -1.30. The minimum absolute atomic E-state index is 0.123. The molecule has 5 nitrogen and oxygen atoms in total. The molecule has 2 atom stereocenters. The van der Waals surface area contributed by atoms with Crippen LogP contribution in [0.15, 0.2) is 24.3 Å². The van der Waals surface area contributed by atoms with Crippen LogP contribution in [0.2, 0.25) is 0 Å². The highest BCUT2D eigenvalue weighted by molar-refractivity contribution is 5.32. The molecule has 1 saturated carbocycles. The van der Waals surface area contributed by atoms with Gasteiger partial charge < -0.3 is 14.6 Å². The molecule has 1 aromatic rings. The average molecular weight is 334 g/mol. The van der Waals surface area contributed by atoms with Gasteiger partial charge in [0.2, 0.25) is 0 Å². The first-order chi connectivity index (χ1) is 11.8. The number of aliphatic hydroxyl groups is 1. The first-order valence-electron chi connectivity index (χ1n) is 9.17. The van der Waals surface area contributed by atoms with Crippen LogP contribution in [0.4, 0.5) is 0 Å². The van der Waals surface area contributed by atoms with Crippen LogP contribution >= 0.6 is 0 Å². The Balaban J connectivity index is 1.37. The molecule has 5 heteroatoms. The van der Waals surface area contributed by atoms with Crippen molar-refractivity contribution in [2.24, 2.45) is 0 Å². The highest BCUT2D eigenvalue weighted by Crippen LogP contribution is 2.24. The van der Waals surface area contributed by atoms with Crippen molar-refractivity contribution >= 4 is 0 Å². The van der Waals surface area contributed by atoms with E-state index in [9.17, 15) is 5.11 Å². The lowest BCUT2D eigenvalue weighted by atomic mass is 9.91. The zero-order valence-electron chi connectivity index (χ0n) is 14.7. The highest BCUT2D eigenvalue weighted by Gasteiger charge is 2.30. The van der Waals surface area contributed by atoms with Gasteiger partial charge in [-0.2, -0.15) is 0 Å². The van der Waals surface area contributed by atoms with Crippen molar-refractivity contribution in [2.45, 2.75) is 37.8 Å². The van der Waals surface area contributed by atoms with Crippen molar-refractivity contribution in [3.63, 3.8) is 0 Å². The predicted molar refractivity (Wildman–Crippen MR) is 94.8 cm³/mol. The number of benzene rings is 1. The molecule has 1 heterocycles. The van der Waals surface area contributed by atoms with Crippen molar-refractivity contribution in [2.75, 3.05) is 46.4 Å². The first-order valence-corrected chi connectivity index (χ1v) is 9.17. The van der Waals surface area contributed by atoms with E-state index >= 15 is 0 Å². The molecule has 0 bridgehead atoms. The maximum absolute atomic E-state index is 10.2. The molecule has 2 fully saturated rings. The summed E-state index contributed by atoms with van der Waals surface area (Å²) in [6.07, 6.45) is 4.44. The summed E-state index contributed by atoms with van der Waals surface area (Å²) in [4.78, 5) is 4.94. The van der Waals surface area contributed by atoms with Crippen molar-refractivity contribution in [1.82, 2.24) is 9.80 Å². The van der Waals surface area contributed by atoms with Gasteiger partial charge in [-0.15, -0.1) is 0 Å². The Morgan fingerprint density at radius 2 is 1.83 bits per heavy atom. The van der Waals surface area contributed by atoms with E-state index < -0.39 is 0 Å². The third kappa shape index (κ3) is 4.62. The Morgan fingerprint density at radius 1 is 1.08 bits per heavy atom. The molecule has 0 spiro atoms. The molecule has 1 saturated heterocycles. The highest BCUT2D eigenvalue weighted by atomic mass is 16.5. The molecule has 0 amide bonds. The number of hydrogen-bond donors (Lipinski definition) is 1. The molecular weight excluding hydrogens is 304 g/mol. The van der Waals surface area contributed by atoms with Crippen LogP contribution in [0.5, 0.6) is 11.5 Å². The Labute approximate surface area is 145 Å². The fraction of sp³-hybridized carbons (Fsp3) is 0.684. The lowest BCUT2D eigenvalue weighted by Crippen LogP contribution is -2.54. The molecule has 24 heavy (non-hydrogen) atoms. The second-order valence-corrected chi connectivity index (χ2v) is 6.82. The van der Waals surface area contributed by atoms with E-state index in [1.165, 1.54) is 12.8 Å². The van der Waals surface area contributed by atoms with Crippen LogP contribution in [0.3, 0.4) is 0 Å². The maximum Gasteiger partial charge on any atom is 0.123 e. The fourth-order valence-electron chi connectivity index (χ4n) is 3.82. The van der Waals surface area contributed by atoms with E-state index in [0.717, 1.165) is 57.1 Å². The monoisotopic (exact) mass is 334 g/mol. The first kappa shape index (κ1) is 17.5. The van der Waals surface area contributed by atoms with Crippen molar-refractivity contribution in [1.29, 1.82) is 0 Å². The Bertz CT molecular complexity index is 503. The van der Waals surface area contributed by atoms with Crippen molar-refractivity contribution < 1.29 is 14.6 Å². The molecule has 2 unspecified atom stereocenters. The van der Waals surface area contributed by atoms with Gasteiger partial charge in [0.15, 0.2) is 0 Å². The van der Waals surface area contributed by atoms with Crippen LogP contribution < -0.4 is 9.47 Å². The number of methoxy groups -OCH3 is 1. The van der Waals surface area contributed by atoms with Gasteiger partial charge in [0.25, 0.3) is 0 Å². The molecular formula is C19H30N2O3.